The van der Waals surface area contributed by atoms with E-state index in [0.717, 1.165) is 9.64 Å². The van der Waals surface area contributed by atoms with Crippen molar-refractivity contribution in [2.45, 2.75) is 18.2 Å². The Morgan fingerprint density at radius 1 is 1.03 bits per heavy atom. The third kappa shape index (κ3) is 5.24. The minimum atomic E-state index is -4.76. The molecule has 1 unspecified atom stereocenters. The normalized spacial score (nSPS) is 13.2. The van der Waals surface area contributed by atoms with Crippen molar-refractivity contribution in [1.82, 2.24) is 0 Å². The lowest BCUT2D eigenvalue weighted by Gasteiger charge is -2.28. The summed E-state index contributed by atoms with van der Waals surface area (Å²) >= 11 is 2.11. The molecular weight excluding hydrogens is 520 g/mol. The number of aliphatic hydroxyl groups is 1. The minimum Gasteiger partial charge on any atom is -0.375 e. The summed E-state index contributed by atoms with van der Waals surface area (Å²) in [5, 5.41) is 22.7. The Balaban J connectivity index is 1.99. The highest BCUT2D eigenvalue weighted by molar-refractivity contribution is 14.1. The molecular formula is C23H16F3IN2O2. The highest BCUT2D eigenvalue weighted by Crippen LogP contribution is 2.34. The van der Waals surface area contributed by atoms with Crippen LogP contribution >= 0.6 is 22.6 Å². The maximum Gasteiger partial charge on any atom is 0.417 e. The number of nitrogens with one attached hydrogen (secondary N) is 1. The maximum atomic E-state index is 13.3. The molecule has 1 atom stereocenters. The summed E-state index contributed by atoms with van der Waals surface area (Å²) in [7, 11) is 0. The lowest BCUT2D eigenvalue weighted by molar-refractivity contribution is -0.138. The second-order valence-electron chi connectivity index (χ2n) is 6.86. The number of hydrogen-bond acceptors (Lipinski definition) is 3. The van der Waals surface area contributed by atoms with Gasteiger partial charge in [-0.05, 0) is 64.0 Å². The topological polar surface area (TPSA) is 73.1 Å². The van der Waals surface area contributed by atoms with Gasteiger partial charge in [-0.2, -0.15) is 18.4 Å². The third-order valence-electron chi connectivity index (χ3n) is 4.68. The Labute approximate surface area is 190 Å². The second kappa shape index (κ2) is 9.08. The third-order valence-corrected chi connectivity index (χ3v) is 5.35. The van der Waals surface area contributed by atoms with E-state index in [1.165, 1.54) is 12.1 Å². The first-order valence-corrected chi connectivity index (χ1v) is 10.2. The number of benzene rings is 3. The van der Waals surface area contributed by atoms with Crippen molar-refractivity contribution in [1.29, 1.82) is 5.26 Å². The Kier molecular flexibility index (Phi) is 6.67. The van der Waals surface area contributed by atoms with Crippen LogP contribution in [0.5, 0.6) is 0 Å². The van der Waals surface area contributed by atoms with Crippen LogP contribution in [0, 0.1) is 14.9 Å². The molecule has 0 bridgehead atoms. The van der Waals surface area contributed by atoms with Gasteiger partial charge in [0, 0.05) is 15.7 Å². The molecule has 0 spiro atoms. The van der Waals surface area contributed by atoms with Gasteiger partial charge in [0.05, 0.1) is 17.2 Å². The summed E-state index contributed by atoms with van der Waals surface area (Å²) < 4.78 is 40.7. The summed E-state index contributed by atoms with van der Waals surface area (Å²) in [5.41, 5.74) is -2.93. The Morgan fingerprint density at radius 3 is 2.35 bits per heavy atom. The molecule has 0 heterocycles. The molecule has 158 valence electrons. The van der Waals surface area contributed by atoms with Gasteiger partial charge in [-0.3, -0.25) is 4.79 Å². The van der Waals surface area contributed by atoms with E-state index >= 15 is 0 Å². The molecule has 8 heteroatoms. The van der Waals surface area contributed by atoms with Crippen molar-refractivity contribution in [3.63, 3.8) is 0 Å². The van der Waals surface area contributed by atoms with Gasteiger partial charge in [0.25, 0.3) is 5.91 Å². The Bertz CT molecular complexity index is 1140. The molecule has 0 aliphatic rings. The van der Waals surface area contributed by atoms with Crippen LogP contribution in [0.1, 0.15) is 22.3 Å². The number of nitriles is 1. The second-order valence-corrected chi connectivity index (χ2v) is 8.10. The first kappa shape index (κ1) is 22.8. The van der Waals surface area contributed by atoms with Gasteiger partial charge in [0.1, 0.15) is 0 Å². The standard InChI is InChI=1S/C23H16F3IN2O2/c24-23(25,26)20-12-19(10-9-16(20)14-28)29-21(30)22(31,17-6-2-1-3-7-17)13-15-5-4-8-18(27)11-15/h1-12,31H,13H2,(H,29,30). The van der Waals surface area contributed by atoms with Crippen LogP contribution in [0.3, 0.4) is 0 Å². The minimum absolute atomic E-state index is 0.0813. The molecule has 0 aliphatic carbocycles. The van der Waals surface area contributed by atoms with E-state index in [-0.39, 0.29) is 12.1 Å². The number of hydrogen-bond donors (Lipinski definition) is 2. The molecule has 3 aromatic rings. The monoisotopic (exact) mass is 536 g/mol. The summed E-state index contributed by atoms with van der Waals surface area (Å²) in [4.78, 5) is 13.1. The summed E-state index contributed by atoms with van der Waals surface area (Å²) in [6.07, 6.45) is -4.84. The lowest BCUT2D eigenvalue weighted by atomic mass is 9.86. The fraction of sp³-hybridized carbons (Fsp3) is 0.130. The van der Waals surface area contributed by atoms with Crippen molar-refractivity contribution >= 4 is 34.2 Å². The zero-order valence-corrected chi connectivity index (χ0v) is 18.1. The van der Waals surface area contributed by atoms with Crippen molar-refractivity contribution in [3.05, 3.63) is 98.6 Å². The SMILES string of the molecule is N#Cc1ccc(NC(=O)C(O)(Cc2cccc(I)c2)c2ccccc2)cc1C(F)(F)F. The van der Waals surface area contributed by atoms with Crippen LogP contribution in [0.25, 0.3) is 0 Å². The largest absolute Gasteiger partial charge is 0.417 e. The molecule has 0 aliphatic heterocycles. The van der Waals surface area contributed by atoms with Crippen LogP contribution in [-0.2, 0) is 23.0 Å². The van der Waals surface area contributed by atoms with E-state index in [0.29, 0.717) is 17.2 Å². The van der Waals surface area contributed by atoms with Gasteiger partial charge in [-0.1, -0.05) is 42.5 Å². The van der Waals surface area contributed by atoms with Crippen LogP contribution in [0.2, 0.25) is 0 Å². The number of nitrogens with zero attached hydrogens (tertiary/aromatic N) is 1. The summed E-state index contributed by atoms with van der Waals surface area (Å²) in [5.74, 6) is -0.879. The summed E-state index contributed by atoms with van der Waals surface area (Å²) in [6.45, 7) is 0. The molecule has 0 saturated carbocycles. The van der Waals surface area contributed by atoms with E-state index in [9.17, 15) is 23.1 Å². The molecule has 1 amide bonds. The number of halogens is 4. The number of amides is 1. The molecule has 4 nitrogen and oxygen atoms in total. The fourth-order valence-corrected chi connectivity index (χ4v) is 3.77. The van der Waals surface area contributed by atoms with Crippen LogP contribution in [0.15, 0.2) is 72.8 Å². The van der Waals surface area contributed by atoms with Crippen molar-refractivity contribution in [2.24, 2.45) is 0 Å². The van der Waals surface area contributed by atoms with Crippen molar-refractivity contribution in [2.75, 3.05) is 5.32 Å². The predicted octanol–water partition coefficient (Wildman–Crippen LogP) is 5.25. The van der Waals surface area contributed by atoms with E-state index < -0.39 is 28.8 Å². The molecule has 0 aromatic heterocycles. The quantitative estimate of drug-likeness (QED) is 0.438. The van der Waals surface area contributed by atoms with E-state index in [1.807, 2.05) is 12.1 Å². The van der Waals surface area contributed by atoms with Crippen LogP contribution in [0.4, 0.5) is 18.9 Å². The van der Waals surface area contributed by atoms with E-state index in [1.54, 1.807) is 42.5 Å². The molecule has 3 aromatic carbocycles. The zero-order valence-electron chi connectivity index (χ0n) is 15.9. The van der Waals surface area contributed by atoms with Crippen LogP contribution in [-0.4, -0.2) is 11.0 Å². The molecule has 31 heavy (non-hydrogen) atoms. The predicted molar refractivity (Wildman–Crippen MR) is 118 cm³/mol. The Hall–Kier alpha value is -2.90. The fourth-order valence-electron chi connectivity index (χ4n) is 3.16. The first-order chi connectivity index (χ1) is 14.6. The molecule has 0 fully saturated rings. The van der Waals surface area contributed by atoms with Crippen molar-refractivity contribution in [3.8, 4) is 6.07 Å². The molecule has 2 N–H and O–H groups in total. The number of carbonyl (C=O) groups excluding carboxylic acids is 1. The van der Waals surface area contributed by atoms with Crippen LogP contribution < -0.4 is 5.32 Å². The molecule has 0 saturated heterocycles. The van der Waals surface area contributed by atoms with Crippen molar-refractivity contribution < 1.29 is 23.1 Å². The zero-order chi connectivity index (χ0) is 22.6. The lowest BCUT2D eigenvalue weighted by Crippen LogP contribution is -2.42. The highest BCUT2D eigenvalue weighted by Gasteiger charge is 2.39. The van der Waals surface area contributed by atoms with E-state index in [4.69, 9.17) is 5.26 Å². The van der Waals surface area contributed by atoms with Gasteiger partial charge in [-0.15, -0.1) is 0 Å². The number of alkyl halides is 3. The van der Waals surface area contributed by atoms with Gasteiger partial charge < -0.3 is 10.4 Å². The average molecular weight is 536 g/mol. The summed E-state index contributed by atoms with van der Waals surface area (Å²) in [6, 6.07) is 19.8. The highest BCUT2D eigenvalue weighted by atomic mass is 127. The smallest absolute Gasteiger partial charge is 0.375 e. The number of carbonyl (C=O) groups is 1. The Morgan fingerprint density at radius 2 is 1.74 bits per heavy atom. The van der Waals surface area contributed by atoms with Gasteiger partial charge >= 0.3 is 6.18 Å². The number of anilines is 1. The maximum absolute atomic E-state index is 13.3. The van der Waals surface area contributed by atoms with E-state index in [2.05, 4.69) is 27.9 Å². The number of rotatable bonds is 5. The first-order valence-electron chi connectivity index (χ1n) is 9.08. The average Bonchev–Trinajstić information content (AvgIpc) is 2.73. The van der Waals surface area contributed by atoms with Gasteiger partial charge in [0.15, 0.2) is 5.60 Å². The molecule has 3 rings (SSSR count). The van der Waals surface area contributed by atoms with Gasteiger partial charge in [0.2, 0.25) is 0 Å². The van der Waals surface area contributed by atoms with Gasteiger partial charge in [-0.25, -0.2) is 0 Å². The molecule has 0 radical (unpaired) electrons.